The molecule has 1 aromatic heterocycles. The molecule has 0 fully saturated rings. The van der Waals surface area contributed by atoms with Crippen molar-refractivity contribution in [3.63, 3.8) is 0 Å². The van der Waals surface area contributed by atoms with E-state index in [1.807, 2.05) is 0 Å². The highest BCUT2D eigenvalue weighted by Gasteiger charge is 2.17. The number of hydrogen-bond donors (Lipinski definition) is 1. The fraction of sp³-hybridized carbons (Fsp3) is 0.375. The number of nitrogens with one attached hydrogen (secondary N) is 1. The van der Waals surface area contributed by atoms with Crippen LogP contribution in [0.4, 0.5) is 0 Å². The molecule has 1 amide bonds. The quantitative estimate of drug-likeness (QED) is 0.839. The summed E-state index contributed by atoms with van der Waals surface area (Å²) >= 11 is 1.03. The Bertz CT molecular complexity index is 462. The second-order valence-electron chi connectivity index (χ2n) is 3.06. The summed E-state index contributed by atoms with van der Waals surface area (Å²) in [5.41, 5.74) is 0.388. The second-order valence-corrected chi connectivity index (χ2v) is 6.09. The molecule has 1 heterocycles. The lowest BCUT2D eigenvalue weighted by atomic mass is 10.3. The third-order valence-corrected chi connectivity index (χ3v) is 4.62. The fourth-order valence-electron chi connectivity index (χ4n) is 0.928. The van der Waals surface area contributed by atoms with Gasteiger partial charge < -0.3 is 4.90 Å². The van der Waals surface area contributed by atoms with Gasteiger partial charge in [-0.05, 0) is 13.1 Å². The number of rotatable bonds is 3. The zero-order chi connectivity index (χ0) is 11.6. The van der Waals surface area contributed by atoms with Crippen molar-refractivity contribution in [3.05, 3.63) is 17.0 Å². The van der Waals surface area contributed by atoms with E-state index in [4.69, 9.17) is 0 Å². The van der Waals surface area contributed by atoms with Gasteiger partial charge in [0.1, 0.15) is 4.21 Å². The average Bonchev–Trinajstić information content (AvgIpc) is 2.65. The first-order valence-electron chi connectivity index (χ1n) is 4.12. The van der Waals surface area contributed by atoms with E-state index in [0.717, 1.165) is 11.3 Å². The normalized spacial score (nSPS) is 11.4. The van der Waals surface area contributed by atoms with Gasteiger partial charge in [-0.2, -0.15) is 0 Å². The van der Waals surface area contributed by atoms with Gasteiger partial charge in [0.2, 0.25) is 10.0 Å². The molecule has 84 valence electrons. The van der Waals surface area contributed by atoms with E-state index in [1.165, 1.54) is 23.4 Å². The lowest BCUT2D eigenvalue weighted by Crippen LogP contribution is -2.21. The fourth-order valence-corrected chi connectivity index (χ4v) is 2.92. The first kappa shape index (κ1) is 12.2. The van der Waals surface area contributed by atoms with Crippen molar-refractivity contribution in [1.82, 2.24) is 9.62 Å². The molecule has 7 heteroatoms. The molecule has 0 aromatic carbocycles. The topological polar surface area (TPSA) is 66.5 Å². The standard InChI is InChI=1S/C8H12N2O3S2/c1-9-15(12,13)7-4-6(5-14-7)8(11)10(2)3/h4-5,9H,1-3H3. The molecule has 0 atom stereocenters. The Kier molecular flexibility index (Phi) is 3.48. The summed E-state index contributed by atoms with van der Waals surface area (Å²) in [6, 6.07) is 1.37. The SMILES string of the molecule is CNS(=O)(=O)c1cc(C(=O)N(C)C)cs1. The van der Waals surface area contributed by atoms with Crippen LogP contribution >= 0.6 is 11.3 Å². The molecular formula is C8H12N2O3S2. The van der Waals surface area contributed by atoms with E-state index in [9.17, 15) is 13.2 Å². The summed E-state index contributed by atoms with van der Waals surface area (Å²) in [4.78, 5) is 12.9. The summed E-state index contributed by atoms with van der Waals surface area (Å²) in [5, 5.41) is 1.53. The van der Waals surface area contributed by atoms with Gasteiger partial charge in [-0.25, -0.2) is 13.1 Å². The molecule has 0 saturated carbocycles. The molecule has 0 aliphatic carbocycles. The minimum absolute atomic E-state index is 0.148. The number of carbonyl (C=O) groups excluding carboxylic acids is 1. The van der Waals surface area contributed by atoms with Crippen molar-refractivity contribution in [1.29, 1.82) is 0 Å². The predicted octanol–water partition coefficient (Wildman–Crippen LogP) is 0.358. The van der Waals surface area contributed by atoms with Gasteiger partial charge in [0, 0.05) is 19.5 Å². The van der Waals surface area contributed by atoms with Crippen molar-refractivity contribution < 1.29 is 13.2 Å². The number of nitrogens with zero attached hydrogens (tertiary/aromatic N) is 1. The van der Waals surface area contributed by atoms with Crippen molar-refractivity contribution in [2.75, 3.05) is 21.1 Å². The molecule has 1 aromatic rings. The van der Waals surface area contributed by atoms with Crippen molar-refractivity contribution in [2.24, 2.45) is 0 Å². The molecule has 0 bridgehead atoms. The Hall–Kier alpha value is -0.920. The Balaban J connectivity index is 3.06. The number of amides is 1. The van der Waals surface area contributed by atoms with Gasteiger partial charge in [0.15, 0.2) is 0 Å². The molecule has 0 spiro atoms. The summed E-state index contributed by atoms with van der Waals surface area (Å²) in [7, 11) is 1.13. The Morgan fingerprint density at radius 2 is 2.07 bits per heavy atom. The molecule has 0 radical (unpaired) electrons. The number of thiophene rings is 1. The molecule has 0 unspecified atom stereocenters. The van der Waals surface area contributed by atoms with Crippen molar-refractivity contribution in [2.45, 2.75) is 4.21 Å². The van der Waals surface area contributed by atoms with E-state index in [2.05, 4.69) is 4.72 Å². The molecular weight excluding hydrogens is 236 g/mol. The minimum atomic E-state index is -3.44. The third-order valence-electron chi connectivity index (χ3n) is 1.76. The molecule has 1 rings (SSSR count). The lowest BCUT2D eigenvalue weighted by molar-refractivity contribution is 0.0828. The predicted molar refractivity (Wildman–Crippen MR) is 58.6 cm³/mol. The van der Waals surface area contributed by atoms with Crippen molar-refractivity contribution >= 4 is 27.3 Å². The van der Waals surface area contributed by atoms with Crippen molar-refractivity contribution in [3.8, 4) is 0 Å². The van der Waals surface area contributed by atoms with E-state index in [-0.39, 0.29) is 10.1 Å². The summed E-state index contributed by atoms with van der Waals surface area (Å²) in [6.07, 6.45) is 0. The zero-order valence-corrected chi connectivity index (χ0v) is 10.3. The smallest absolute Gasteiger partial charge is 0.254 e. The molecule has 0 aliphatic heterocycles. The van der Waals surface area contributed by atoms with E-state index in [0.29, 0.717) is 5.56 Å². The highest BCUT2D eigenvalue weighted by Crippen LogP contribution is 2.20. The van der Waals surface area contributed by atoms with Gasteiger partial charge >= 0.3 is 0 Å². The maximum Gasteiger partial charge on any atom is 0.254 e. The van der Waals surface area contributed by atoms with Crippen LogP contribution < -0.4 is 4.72 Å². The number of carbonyl (C=O) groups is 1. The van der Waals surface area contributed by atoms with Gasteiger partial charge in [-0.1, -0.05) is 0 Å². The highest BCUT2D eigenvalue weighted by molar-refractivity contribution is 7.91. The van der Waals surface area contributed by atoms with Crippen LogP contribution in [0.25, 0.3) is 0 Å². The van der Waals surface area contributed by atoms with E-state index < -0.39 is 10.0 Å². The first-order chi connectivity index (χ1) is 6.88. The van der Waals surface area contributed by atoms with Gasteiger partial charge in [0.25, 0.3) is 5.91 Å². The summed E-state index contributed by atoms with van der Waals surface area (Å²) < 4.78 is 25.1. The maximum atomic E-state index is 11.5. The lowest BCUT2D eigenvalue weighted by Gasteiger charge is -2.07. The Morgan fingerprint density at radius 3 is 2.53 bits per heavy atom. The average molecular weight is 248 g/mol. The van der Waals surface area contributed by atoms with Crippen LogP contribution in [0.2, 0.25) is 0 Å². The molecule has 0 saturated heterocycles. The summed E-state index contributed by atoms with van der Waals surface area (Å²) in [6.45, 7) is 0. The zero-order valence-electron chi connectivity index (χ0n) is 8.64. The monoisotopic (exact) mass is 248 g/mol. The second kappa shape index (κ2) is 4.30. The summed E-state index contributed by atoms with van der Waals surface area (Å²) in [5.74, 6) is -0.205. The van der Waals surface area contributed by atoms with Crippen LogP contribution in [0.3, 0.4) is 0 Å². The van der Waals surface area contributed by atoms with Gasteiger partial charge in [-0.3, -0.25) is 4.79 Å². The highest BCUT2D eigenvalue weighted by atomic mass is 32.2. The van der Waals surface area contributed by atoms with Gasteiger partial charge in [0.05, 0.1) is 5.56 Å². The molecule has 0 aliphatic rings. The van der Waals surface area contributed by atoms with Crippen LogP contribution in [-0.2, 0) is 10.0 Å². The largest absolute Gasteiger partial charge is 0.345 e. The van der Waals surface area contributed by atoms with Crippen LogP contribution in [0, 0.1) is 0 Å². The maximum absolute atomic E-state index is 11.5. The van der Waals surface area contributed by atoms with Gasteiger partial charge in [-0.15, -0.1) is 11.3 Å². The molecule has 5 nitrogen and oxygen atoms in total. The van der Waals surface area contributed by atoms with Crippen LogP contribution in [0.1, 0.15) is 10.4 Å². The van der Waals surface area contributed by atoms with Crippen LogP contribution in [-0.4, -0.2) is 40.4 Å². The Morgan fingerprint density at radius 1 is 1.47 bits per heavy atom. The molecule has 1 N–H and O–H groups in total. The molecule has 15 heavy (non-hydrogen) atoms. The first-order valence-corrected chi connectivity index (χ1v) is 6.48. The minimum Gasteiger partial charge on any atom is -0.345 e. The number of sulfonamides is 1. The van der Waals surface area contributed by atoms with E-state index in [1.54, 1.807) is 14.1 Å². The number of hydrogen-bond acceptors (Lipinski definition) is 4. The third kappa shape index (κ3) is 2.55. The van der Waals surface area contributed by atoms with Crippen LogP contribution in [0.5, 0.6) is 0 Å². The van der Waals surface area contributed by atoms with Crippen LogP contribution in [0.15, 0.2) is 15.7 Å². The Labute approximate surface area is 92.8 Å². The van der Waals surface area contributed by atoms with E-state index >= 15 is 0 Å².